The van der Waals surface area contributed by atoms with Crippen molar-refractivity contribution in [2.24, 2.45) is 0 Å². The molecule has 4 aromatic rings. The molecular weight excluding hydrogens is 430 g/mol. The lowest BCUT2D eigenvalue weighted by molar-refractivity contribution is -0.118. The van der Waals surface area contributed by atoms with E-state index in [1.54, 1.807) is 37.4 Å². The summed E-state index contributed by atoms with van der Waals surface area (Å²) in [6, 6.07) is 18.3. The Bertz CT molecular complexity index is 1400. The van der Waals surface area contributed by atoms with E-state index in [4.69, 9.17) is 13.9 Å². The summed E-state index contributed by atoms with van der Waals surface area (Å²) in [6.45, 7) is 5.61. The third-order valence-electron chi connectivity index (χ3n) is 5.90. The summed E-state index contributed by atoms with van der Waals surface area (Å²) in [4.78, 5) is 26.1. The van der Waals surface area contributed by atoms with Crippen molar-refractivity contribution < 1.29 is 18.7 Å². The van der Waals surface area contributed by atoms with Gasteiger partial charge in [0.25, 0.3) is 5.91 Å². The van der Waals surface area contributed by atoms with Crippen molar-refractivity contribution in [3.05, 3.63) is 87.6 Å². The molecule has 1 N–H and O–H groups in total. The van der Waals surface area contributed by atoms with Gasteiger partial charge in [-0.1, -0.05) is 25.1 Å². The van der Waals surface area contributed by atoms with Gasteiger partial charge >= 0.3 is 0 Å². The van der Waals surface area contributed by atoms with Crippen LogP contribution in [0, 0.1) is 13.8 Å². The summed E-state index contributed by atoms with van der Waals surface area (Å²) in [5.74, 6) is 0.581. The second-order valence-corrected chi connectivity index (χ2v) is 8.09. The van der Waals surface area contributed by atoms with Crippen molar-refractivity contribution in [2.45, 2.75) is 27.2 Å². The number of nitrogens with one attached hydrogen (secondary N) is 1. The number of carbonyl (C=O) groups excluding carboxylic acids is 1. The number of aryl methyl sites for hydroxylation is 2. The van der Waals surface area contributed by atoms with Crippen LogP contribution in [0.1, 0.15) is 23.6 Å². The average Bonchev–Trinajstić information content (AvgIpc) is 2.86. The first-order valence-electron chi connectivity index (χ1n) is 11.1. The van der Waals surface area contributed by atoms with Crippen LogP contribution in [-0.4, -0.2) is 19.6 Å². The van der Waals surface area contributed by atoms with Gasteiger partial charge in [0.05, 0.1) is 12.5 Å². The first-order valence-corrected chi connectivity index (χ1v) is 11.1. The Morgan fingerprint density at radius 3 is 2.50 bits per heavy atom. The number of amides is 1. The molecule has 0 saturated heterocycles. The number of hydrogen-bond donors (Lipinski definition) is 1. The van der Waals surface area contributed by atoms with Crippen LogP contribution in [0.4, 0.5) is 5.69 Å². The highest BCUT2D eigenvalue weighted by atomic mass is 16.5. The highest BCUT2D eigenvalue weighted by Crippen LogP contribution is 2.32. The quantitative estimate of drug-likeness (QED) is 0.387. The maximum absolute atomic E-state index is 13.4. The van der Waals surface area contributed by atoms with Gasteiger partial charge in [-0.25, -0.2) is 0 Å². The summed E-state index contributed by atoms with van der Waals surface area (Å²) in [6.07, 6.45) is 0.782. The molecule has 0 aliphatic heterocycles. The Morgan fingerprint density at radius 1 is 1.03 bits per heavy atom. The van der Waals surface area contributed by atoms with Crippen LogP contribution < -0.4 is 20.2 Å². The number of fused-ring (bicyclic) bond motifs is 1. The van der Waals surface area contributed by atoms with Gasteiger partial charge in [0, 0.05) is 11.3 Å². The fourth-order valence-electron chi connectivity index (χ4n) is 3.72. The molecule has 1 aromatic heterocycles. The van der Waals surface area contributed by atoms with Crippen molar-refractivity contribution in [1.82, 2.24) is 0 Å². The Kier molecular flexibility index (Phi) is 6.68. The smallest absolute Gasteiger partial charge is 0.262 e. The van der Waals surface area contributed by atoms with E-state index in [-0.39, 0.29) is 29.5 Å². The van der Waals surface area contributed by atoms with E-state index in [1.165, 1.54) is 0 Å². The molecule has 0 unspecified atom stereocenters. The first-order chi connectivity index (χ1) is 16.4. The molecule has 0 fully saturated rings. The van der Waals surface area contributed by atoms with Crippen LogP contribution in [0.2, 0.25) is 0 Å². The van der Waals surface area contributed by atoms with Gasteiger partial charge < -0.3 is 19.2 Å². The monoisotopic (exact) mass is 457 g/mol. The zero-order valence-electron chi connectivity index (χ0n) is 19.7. The van der Waals surface area contributed by atoms with Crippen LogP contribution in [0.25, 0.3) is 22.3 Å². The van der Waals surface area contributed by atoms with Crippen molar-refractivity contribution in [3.63, 3.8) is 0 Å². The van der Waals surface area contributed by atoms with E-state index in [2.05, 4.69) is 5.32 Å². The van der Waals surface area contributed by atoms with Gasteiger partial charge in [0.2, 0.25) is 11.2 Å². The summed E-state index contributed by atoms with van der Waals surface area (Å²) >= 11 is 0. The Hall–Kier alpha value is -4.06. The fraction of sp³-hybridized carbons (Fsp3) is 0.214. The minimum Gasteiger partial charge on any atom is -0.497 e. The molecule has 0 radical (unpaired) electrons. The van der Waals surface area contributed by atoms with Gasteiger partial charge in [-0.2, -0.15) is 0 Å². The Morgan fingerprint density at radius 2 is 1.79 bits per heavy atom. The van der Waals surface area contributed by atoms with Crippen molar-refractivity contribution in [3.8, 4) is 22.8 Å². The standard InChI is InChI=1S/C28H27NO5/c1-5-19-9-14-24-22(15-19)26(31)28(27(34-24)20-10-12-21(32-4)13-11-20)33-16-25(30)29-23-8-6-7-17(2)18(23)3/h6-15H,5,16H2,1-4H3,(H,29,30). The Labute approximate surface area is 198 Å². The van der Waals surface area contributed by atoms with E-state index in [0.29, 0.717) is 28.0 Å². The van der Waals surface area contributed by atoms with Crippen molar-refractivity contribution >= 4 is 22.6 Å². The zero-order chi connectivity index (χ0) is 24.2. The number of benzene rings is 3. The summed E-state index contributed by atoms with van der Waals surface area (Å²) in [5.41, 5.74) is 4.55. The van der Waals surface area contributed by atoms with Crippen molar-refractivity contribution in [1.29, 1.82) is 0 Å². The molecule has 6 heteroatoms. The van der Waals surface area contributed by atoms with Crippen LogP contribution >= 0.6 is 0 Å². The molecule has 3 aromatic carbocycles. The maximum atomic E-state index is 13.4. The fourth-order valence-corrected chi connectivity index (χ4v) is 3.72. The molecule has 6 nitrogen and oxygen atoms in total. The summed E-state index contributed by atoms with van der Waals surface area (Å²) in [7, 11) is 1.58. The normalized spacial score (nSPS) is 10.8. The number of ether oxygens (including phenoxy) is 2. The third-order valence-corrected chi connectivity index (χ3v) is 5.90. The molecule has 174 valence electrons. The lowest BCUT2D eigenvalue weighted by Crippen LogP contribution is -2.23. The predicted molar refractivity (Wildman–Crippen MR) is 134 cm³/mol. The van der Waals surface area contributed by atoms with Crippen LogP contribution in [0.3, 0.4) is 0 Å². The van der Waals surface area contributed by atoms with Gasteiger partial charge in [0.1, 0.15) is 11.3 Å². The Balaban J connectivity index is 1.71. The average molecular weight is 458 g/mol. The van der Waals surface area contributed by atoms with Crippen LogP contribution in [-0.2, 0) is 11.2 Å². The van der Waals surface area contributed by atoms with Gasteiger partial charge in [-0.15, -0.1) is 0 Å². The van der Waals surface area contributed by atoms with Crippen LogP contribution in [0.5, 0.6) is 11.5 Å². The third kappa shape index (κ3) is 4.66. The van der Waals surface area contributed by atoms with Gasteiger partial charge in [-0.3, -0.25) is 9.59 Å². The van der Waals surface area contributed by atoms with E-state index < -0.39 is 0 Å². The summed E-state index contributed by atoms with van der Waals surface area (Å²) in [5, 5.41) is 3.28. The molecule has 0 saturated carbocycles. The molecule has 0 spiro atoms. The van der Waals surface area contributed by atoms with Gasteiger partial charge in [-0.05, 0) is 79.4 Å². The molecule has 34 heavy (non-hydrogen) atoms. The SMILES string of the molecule is CCc1ccc2oc(-c3ccc(OC)cc3)c(OCC(=O)Nc3cccc(C)c3C)c(=O)c2c1. The van der Waals surface area contributed by atoms with Crippen LogP contribution in [0.15, 0.2) is 69.9 Å². The molecule has 0 atom stereocenters. The highest BCUT2D eigenvalue weighted by molar-refractivity contribution is 5.93. The molecule has 0 bridgehead atoms. The number of hydrogen-bond acceptors (Lipinski definition) is 5. The number of rotatable bonds is 7. The minimum atomic E-state index is -0.365. The second kappa shape index (κ2) is 9.83. The van der Waals surface area contributed by atoms with E-state index in [1.807, 2.05) is 51.1 Å². The molecule has 0 aliphatic carbocycles. The molecule has 0 aliphatic rings. The van der Waals surface area contributed by atoms with E-state index >= 15 is 0 Å². The minimum absolute atomic E-state index is 0.00188. The molecular formula is C28H27NO5. The molecule has 1 amide bonds. The first kappa shape index (κ1) is 23.1. The lowest BCUT2D eigenvalue weighted by Gasteiger charge is -2.14. The molecule has 4 rings (SSSR count). The second-order valence-electron chi connectivity index (χ2n) is 8.09. The van der Waals surface area contributed by atoms with Gasteiger partial charge in [0.15, 0.2) is 12.4 Å². The van der Waals surface area contributed by atoms with E-state index in [9.17, 15) is 9.59 Å². The largest absolute Gasteiger partial charge is 0.497 e. The lowest BCUT2D eigenvalue weighted by atomic mass is 10.1. The summed E-state index contributed by atoms with van der Waals surface area (Å²) < 4.78 is 17.2. The number of methoxy groups -OCH3 is 1. The number of anilines is 1. The van der Waals surface area contributed by atoms with Crippen molar-refractivity contribution in [2.75, 3.05) is 19.0 Å². The maximum Gasteiger partial charge on any atom is 0.262 e. The number of carbonyl (C=O) groups is 1. The predicted octanol–water partition coefficient (Wildman–Crippen LogP) is 5.67. The van der Waals surface area contributed by atoms with E-state index in [0.717, 1.165) is 23.1 Å². The highest BCUT2D eigenvalue weighted by Gasteiger charge is 2.19. The molecule has 1 heterocycles. The zero-order valence-corrected chi connectivity index (χ0v) is 19.7. The topological polar surface area (TPSA) is 77.8 Å².